The molecule has 9 nitrogen and oxygen atoms in total. The number of ketones is 1. The number of fused-ring (bicyclic) bond motifs is 8. The highest BCUT2D eigenvalue weighted by atomic mass is 16.7. The molecule has 2 aliphatic heterocycles. The molecular weight excluding hydrogens is 1100 g/mol. The summed E-state index contributed by atoms with van der Waals surface area (Å²) in [5, 5.41) is 0. The summed E-state index contributed by atoms with van der Waals surface area (Å²) in [6.07, 6.45) is 4.00. The maximum atomic E-state index is 16.8. The molecule has 5 heterocycles. The van der Waals surface area contributed by atoms with Crippen molar-refractivity contribution in [3.05, 3.63) is 164 Å². The minimum Gasteiger partial charge on any atom is -0.409 e. The van der Waals surface area contributed by atoms with Gasteiger partial charge in [-0.25, -0.2) is 9.97 Å². The van der Waals surface area contributed by atoms with Crippen molar-refractivity contribution in [2.24, 2.45) is 0 Å². The average Bonchev–Trinajstić information content (AvgIpc) is 1.59. The van der Waals surface area contributed by atoms with E-state index in [0.717, 1.165) is 61.1 Å². The molecule has 8 bridgehead atoms. The summed E-state index contributed by atoms with van der Waals surface area (Å²) in [5.41, 5.74) is 16.4. The van der Waals surface area contributed by atoms with E-state index < -0.39 is 23.5 Å². The molecule has 0 aliphatic carbocycles. The van der Waals surface area contributed by atoms with Gasteiger partial charge in [0.25, 0.3) is 5.78 Å². The van der Waals surface area contributed by atoms with E-state index in [1.165, 1.54) is 36.1 Å². The second-order valence-corrected chi connectivity index (χ2v) is 33.4. The number of Topliss-reactive ketones (excluding diaryl/α,β-unsaturated/α-hetero) is 1. The number of benzene rings is 4. The van der Waals surface area contributed by atoms with E-state index in [9.17, 15) is 9.59 Å². The van der Waals surface area contributed by atoms with E-state index >= 15 is 4.79 Å². The third kappa shape index (κ3) is 13.2. The van der Waals surface area contributed by atoms with Crippen LogP contribution in [0, 0.1) is 0 Å². The molecule has 7 aromatic rings. The number of H-pyrrole nitrogens is 2. The van der Waals surface area contributed by atoms with E-state index in [0.29, 0.717) is 39.2 Å². The number of aromatic nitrogens is 4. The zero-order valence-electron chi connectivity index (χ0n) is 58.3. The first-order valence-electron chi connectivity index (χ1n) is 31.7. The first-order valence-corrected chi connectivity index (χ1v) is 31.7. The van der Waals surface area contributed by atoms with E-state index in [1.54, 1.807) is 0 Å². The van der Waals surface area contributed by atoms with Crippen LogP contribution in [0.5, 0.6) is 0 Å². The number of ether oxygens (including phenoxy) is 2. The van der Waals surface area contributed by atoms with Gasteiger partial charge in [-0.05, 0) is 146 Å². The number of nitrogens with zero attached hydrogens (tertiary/aromatic N) is 2. The number of hydrogen-bond acceptors (Lipinski definition) is 7. The Morgan fingerprint density at radius 2 is 0.596 bits per heavy atom. The van der Waals surface area contributed by atoms with Crippen molar-refractivity contribution in [3.8, 4) is 44.5 Å². The molecule has 0 radical (unpaired) electrons. The van der Waals surface area contributed by atoms with Crippen LogP contribution in [0.2, 0.25) is 0 Å². The third-order valence-corrected chi connectivity index (χ3v) is 17.5. The smallest absolute Gasteiger partial charge is 0.368 e. The SMILES string of the molecule is CC(=O)OC1(OC(C)=O)C(=O)c2nc1c(-c1cc(C(C)(C)C)cc(C(C)(C)C)c1)c1ccc([nH]1)c(-c1cc(C(C)(C)C)cc(C(C)(C)C)c1)c1ccc([nH]1)c(-c1cc(C(C)(C)C)cc(C(C)(C)C)c1)c1nc(c2-c2cc(C(C)(C)C)cc(C(C)(C)C)c2)C=C1. The predicted molar refractivity (Wildman–Crippen MR) is 371 cm³/mol. The van der Waals surface area contributed by atoms with Crippen LogP contribution in [0.4, 0.5) is 0 Å². The quantitative estimate of drug-likeness (QED) is 0.125. The number of rotatable bonds is 6. The highest BCUT2D eigenvalue weighted by Gasteiger charge is 2.57. The van der Waals surface area contributed by atoms with Crippen LogP contribution in [0.1, 0.15) is 252 Å². The van der Waals surface area contributed by atoms with Crippen molar-refractivity contribution in [2.75, 3.05) is 0 Å². The van der Waals surface area contributed by atoms with Gasteiger partial charge < -0.3 is 19.4 Å². The highest BCUT2D eigenvalue weighted by molar-refractivity contribution is 6.12. The molecular formula is C80H98N4O5. The molecule has 0 saturated carbocycles. The number of carbonyl (C=O) groups is 3. The summed E-state index contributed by atoms with van der Waals surface area (Å²) in [4.78, 5) is 64.4. The number of carbonyl (C=O) groups excluding carboxylic acids is 3. The summed E-state index contributed by atoms with van der Waals surface area (Å²) in [7, 11) is 0. The Bertz CT molecular complexity index is 4090. The van der Waals surface area contributed by atoms with Crippen LogP contribution < -0.4 is 0 Å². The number of aromatic amines is 2. The van der Waals surface area contributed by atoms with Gasteiger partial charge in [-0.2, -0.15) is 0 Å². The van der Waals surface area contributed by atoms with Crippen LogP contribution >= 0.6 is 0 Å². The van der Waals surface area contributed by atoms with Crippen molar-refractivity contribution >= 4 is 51.9 Å². The molecule has 9 heteroatoms. The summed E-state index contributed by atoms with van der Waals surface area (Å²) in [6.45, 7) is 55.6. The lowest BCUT2D eigenvalue weighted by Gasteiger charge is -2.29. The van der Waals surface area contributed by atoms with E-state index in [2.05, 4.69) is 267 Å². The van der Waals surface area contributed by atoms with Crippen molar-refractivity contribution in [1.29, 1.82) is 0 Å². The summed E-state index contributed by atoms with van der Waals surface area (Å²) >= 11 is 0. The van der Waals surface area contributed by atoms with Crippen molar-refractivity contribution in [2.45, 2.75) is 229 Å². The molecule has 0 fully saturated rings. The van der Waals surface area contributed by atoms with Crippen molar-refractivity contribution in [3.63, 3.8) is 0 Å². The maximum Gasteiger partial charge on any atom is 0.368 e. The largest absolute Gasteiger partial charge is 0.409 e. The molecule has 468 valence electrons. The van der Waals surface area contributed by atoms with E-state index in [4.69, 9.17) is 19.4 Å². The fourth-order valence-electron chi connectivity index (χ4n) is 11.8. The molecule has 2 aliphatic rings. The van der Waals surface area contributed by atoms with Gasteiger partial charge >= 0.3 is 17.7 Å². The molecule has 4 aromatic carbocycles. The van der Waals surface area contributed by atoms with E-state index in [-0.39, 0.29) is 54.7 Å². The minimum atomic E-state index is -2.71. The van der Waals surface area contributed by atoms with Crippen molar-refractivity contribution < 1.29 is 23.9 Å². The molecule has 0 spiro atoms. The normalized spacial score (nSPS) is 14.3. The molecule has 0 unspecified atom stereocenters. The molecule has 0 amide bonds. The first-order chi connectivity index (χ1) is 40.6. The molecule has 0 atom stereocenters. The molecule has 3 aromatic heterocycles. The van der Waals surface area contributed by atoms with Gasteiger partial charge in [-0.3, -0.25) is 14.4 Å². The first kappa shape index (κ1) is 65.8. The molecule has 2 N–H and O–H groups in total. The highest BCUT2D eigenvalue weighted by Crippen LogP contribution is 2.49. The molecule has 0 saturated heterocycles. The van der Waals surface area contributed by atoms with Crippen LogP contribution in [-0.2, 0) is 68.2 Å². The Morgan fingerprint density at radius 3 is 0.888 bits per heavy atom. The molecule has 89 heavy (non-hydrogen) atoms. The predicted octanol–water partition coefficient (Wildman–Crippen LogP) is 20.7. The van der Waals surface area contributed by atoms with Crippen LogP contribution in [0.3, 0.4) is 0 Å². The Hall–Kier alpha value is -7.65. The lowest BCUT2D eigenvalue weighted by molar-refractivity contribution is -0.211. The zero-order valence-corrected chi connectivity index (χ0v) is 58.3. The average molecular weight is 1200 g/mol. The number of nitrogens with one attached hydrogen (secondary N) is 2. The zero-order chi connectivity index (χ0) is 66.1. The van der Waals surface area contributed by atoms with Gasteiger partial charge in [0.05, 0.1) is 11.4 Å². The van der Waals surface area contributed by atoms with Crippen LogP contribution in [0.25, 0.3) is 78.7 Å². The topological polar surface area (TPSA) is 127 Å². The number of esters is 2. The standard InChI is InChI=1S/C80H98N4O5/c1-45(85)88-80(89-46(2)86)70-68(50-39-57(78(21,22)23)44-58(40-50)79(24,25)26)64-32-30-62(83-64)66(48-35-53(74(9,10)11)42-54(36-48)75(12,13)14)60-28-27-59(81-60)65(47-33-51(72(3,4)5)41-52(34-47)73(6,7)8)61-29-31-63(82-61)67(69(84-70)71(80)87)49-37-55(76(15,16)17)43-56(38-49)77(18,19)20/h27-44,81,83H,1-26H3. The Kier molecular flexibility index (Phi) is 16.3. The van der Waals surface area contributed by atoms with Crippen LogP contribution in [-0.4, -0.2) is 37.7 Å². The second kappa shape index (κ2) is 22.1. The van der Waals surface area contributed by atoms with Gasteiger partial charge in [-0.15, -0.1) is 0 Å². The third-order valence-electron chi connectivity index (χ3n) is 17.5. The summed E-state index contributed by atoms with van der Waals surface area (Å²) < 4.78 is 12.9. The summed E-state index contributed by atoms with van der Waals surface area (Å²) in [6, 6.07) is 35.3. The second-order valence-electron chi connectivity index (χ2n) is 33.4. The Labute approximate surface area is 531 Å². The van der Waals surface area contributed by atoms with Crippen molar-refractivity contribution in [1.82, 2.24) is 19.9 Å². The van der Waals surface area contributed by atoms with Gasteiger partial charge in [0.2, 0.25) is 0 Å². The Morgan fingerprint density at radius 1 is 0.348 bits per heavy atom. The van der Waals surface area contributed by atoms with E-state index in [1.807, 2.05) is 18.2 Å². The molecule has 9 rings (SSSR count). The fraction of sp³-hybridized carbons (Fsp3) is 0.438. The van der Waals surface area contributed by atoms with Gasteiger partial charge in [0.1, 0.15) is 11.4 Å². The lowest BCUT2D eigenvalue weighted by atomic mass is 9.78. The monoisotopic (exact) mass is 1190 g/mol. The van der Waals surface area contributed by atoms with Gasteiger partial charge in [0, 0.05) is 58.2 Å². The minimum absolute atomic E-state index is 0.0592. The summed E-state index contributed by atoms with van der Waals surface area (Å²) in [5.74, 6) is -5.22. The lowest BCUT2D eigenvalue weighted by Crippen LogP contribution is -2.42. The van der Waals surface area contributed by atoms with Crippen LogP contribution in [0.15, 0.2) is 97.1 Å². The van der Waals surface area contributed by atoms with Gasteiger partial charge in [0.15, 0.2) is 0 Å². The number of hydrogen-bond donors (Lipinski definition) is 2. The fourth-order valence-corrected chi connectivity index (χ4v) is 11.8. The maximum absolute atomic E-state index is 16.8. The Balaban J connectivity index is 1.67. The van der Waals surface area contributed by atoms with Gasteiger partial charge in [-0.1, -0.05) is 239 Å².